The van der Waals surface area contributed by atoms with Crippen LogP contribution in [-0.2, 0) is 19.2 Å². The Morgan fingerprint density at radius 2 is 1.43 bits per heavy atom. The first-order chi connectivity index (χ1) is 24.6. The summed E-state index contributed by atoms with van der Waals surface area (Å²) < 4.78 is 5.45. The number of amides is 4. The number of hydrogen-bond donors (Lipinski definition) is 1. The lowest BCUT2D eigenvalue weighted by Crippen LogP contribution is -2.48. The van der Waals surface area contributed by atoms with Crippen molar-refractivity contribution in [2.24, 2.45) is 29.1 Å². The smallest absolute Gasteiger partial charge is 0.241 e. The molecule has 1 saturated carbocycles. The molecule has 0 bridgehead atoms. The summed E-state index contributed by atoms with van der Waals surface area (Å²) in [7, 11) is 1.40. The quantitative estimate of drug-likeness (QED) is 0.135. The number of phenolic OH excluding ortho intramolecular Hbond substituents is 1. The molecule has 0 radical (unpaired) electrons. The SMILES string of the molecule is COc1cc(C2C3=CCC4C(=O)N(c5ccc(C(=O)c6ccccc6)cc5)C(=O)C4C3CC3C(=O)N(c4ccccc4)C(=O)C32C)cc(Cl)c1O. The molecule has 0 spiro atoms. The monoisotopic (exact) mass is 700 g/mol. The summed E-state index contributed by atoms with van der Waals surface area (Å²) in [6, 6.07) is 27.3. The number of anilines is 2. The van der Waals surface area contributed by atoms with E-state index < -0.39 is 35.0 Å². The van der Waals surface area contributed by atoms with Gasteiger partial charge in [0, 0.05) is 17.0 Å². The fourth-order valence-electron chi connectivity index (χ4n) is 8.91. The molecular formula is C41H33ClN2O7. The first-order valence-electron chi connectivity index (χ1n) is 16.8. The molecule has 6 atom stereocenters. The van der Waals surface area contributed by atoms with Gasteiger partial charge in [-0.3, -0.25) is 28.9 Å². The van der Waals surface area contributed by atoms with Crippen LogP contribution in [0.15, 0.2) is 109 Å². The minimum absolute atomic E-state index is 0.0186. The highest BCUT2D eigenvalue weighted by Crippen LogP contribution is 2.64. The van der Waals surface area contributed by atoms with Crippen LogP contribution in [-0.4, -0.2) is 41.6 Å². The van der Waals surface area contributed by atoms with E-state index in [1.807, 2.05) is 12.1 Å². The van der Waals surface area contributed by atoms with Crippen LogP contribution in [0.2, 0.25) is 5.02 Å². The van der Waals surface area contributed by atoms with E-state index in [1.54, 1.807) is 97.9 Å². The predicted octanol–water partition coefficient (Wildman–Crippen LogP) is 6.72. The van der Waals surface area contributed by atoms with Gasteiger partial charge in [0.15, 0.2) is 17.3 Å². The summed E-state index contributed by atoms with van der Waals surface area (Å²) in [4.78, 5) is 72.9. The largest absolute Gasteiger partial charge is 0.503 e. The lowest BCUT2D eigenvalue weighted by atomic mass is 9.51. The third kappa shape index (κ3) is 4.78. The minimum Gasteiger partial charge on any atom is -0.503 e. The average Bonchev–Trinajstić information content (AvgIpc) is 3.52. The number of hydrogen-bond acceptors (Lipinski definition) is 7. The molecule has 51 heavy (non-hydrogen) atoms. The van der Waals surface area contributed by atoms with Gasteiger partial charge in [-0.05, 0) is 79.8 Å². The molecule has 0 aromatic heterocycles. The molecule has 4 aromatic rings. The molecule has 4 aromatic carbocycles. The number of nitrogens with zero attached hydrogens (tertiary/aromatic N) is 2. The summed E-state index contributed by atoms with van der Waals surface area (Å²) in [5.74, 6) is -5.33. The zero-order valence-electron chi connectivity index (χ0n) is 27.8. The number of benzene rings is 4. The number of fused-ring (bicyclic) bond motifs is 4. The van der Waals surface area contributed by atoms with E-state index in [1.165, 1.54) is 16.9 Å². The summed E-state index contributed by atoms with van der Waals surface area (Å²) in [6.07, 6.45) is 2.39. The van der Waals surface area contributed by atoms with E-state index in [0.29, 0.717) is 28.1 Å². The molecule has 4 aliphatic rings. The van der Waals surface area contributed by atoms with Gasteiger partial charge in [0.2, 0.25) is 23.6 Å². The topological polar surface area (TPSA) is 121 Å². The maximum Gasteiger partial charge on any atom is 0.241 e. The number of methoxy groups -OCH3 is 1. The summed E-state index contributed by atoms with van der Waals surface area (Å²) in [5.41, 5.74) is 1.82. The Morgan fingerprint density at radius 3 is 2.10 bits per heavy atom. The normalized spacial score (nSPS) is 26.8. The third-order valence-electron chi connectivity index (χ3n) is 11.3. The number of halogens is 1. The summed E-state index contributed by atoms with van der Waals surface area (Å²) >= 11 is 6.52. The van der Waals surface area contributed by atoms with Gasteiger partial charge in [0.1, 0.15) is 0 Å². The second kappa shape index (κ2) is 12.1. The van der Waals surface area contributed by atoms with Gasteiger partial charge in [0.05, 0.1) is 46.7 Å². The molecule has 10 heteroatoms. The number of ether oxygens (including phenoxy) is 1. The van der Waals surface area contributed by atoms with Crippen LogP contribution in [0.25, 0.3) is 0 Å². The molecule has 8 rings (SSSR count). The molecule has 4 amide bonds. The van der Waals surface area contributed by atoms with Crippen molar-refractivity contribution < 1.29 is 33.8 Å². The molecule has 6 unspecified atom stereocenters. The summed E-state index contributed by atoms with van der Waals surface area (Å²) in [5, 5.41) is 10.6. The molecular weight excluding hydrogens is 668 g/mol. The standard InChI is InChI=1S/C41H33ClN2O7/c1-41-30(38(48)44(40(41)50)25-11-7-4-8-12-25)21-29-27(34(41)24-19-31(42)36(46)32(20-24)51-2)17-18-28-33(29)39(49)43(37(28)47)26-15-13-23(14-16-26)35(45)22-9-5-3-6-10-22/h3-17,19-20,28-30,33-34,46H,18,21H2,1-2H3. The van der Waals surface area contributed by atoms with Crippen LogP contribution < -0.4 is 14.5 Å². The molecule has 9 nitrogen and oxygen atoms in total. The van der Waals surface area contributed by atoms with Crippen molar-refractivity contribution in [3.8, 4) is 11.5 Å². The van der Waals surface area contributed by atoms with Crippen LogP contribution in [0, 0.1) is 29.1 Å². The molecule has 256 valence electrons. The highest BCUT2D eigenvalue weighted by molar-refractivity contribution is 6.32. The maximum atomic E-state index is 14.6. The van der Waals surface area contributed by atoms with Crippen molar-refractivity contribution in [3.05, 3.63) is 130 Å². The van der Waals surface area contributed by atoms with E-state index in [2.05, 4.69) is 0 Å². The number of rotatable bonds is 6. The molecule has 3 fully saturated rings. The molecule has 2 aliphatic carbocycles. The number of allylic oxidation sites excluding steroid dienone is 2. The minimum atomic E-state index is -1.28. The second-order valence-electron chi connectivity index (χ2n) is 13.8. The third-order valence-corrected chi connectivity index (χ3v) is 11.6. The zero-order chi connectivity index (χ0) is 35.8. The Labute approximate surface area is 299 Å². The van der Waals surface area contributed by atoms with Gasteiger partial charge in [-0.2, -0.15) is 0 Å². The molecule has 1 N–H and O–H groups in total. The second-order valence-corrected chi connectivity index (χ2v) is 14.2. The van der Waals surface area contributed by atoms with Crippen molar-refractivity contribution in [1.29, 1.82) is 0 Å². The molecule has 2 saturated heterocycles. The fourth-order valence-corrected chi connectivity index (χ4v) is 9.13. The van der Waals surface area contributed by atoms with Crippen molar-refractivity contribution in [3.63, 3.8) is 0 Å². The number of phenols is 1. The molecule has 2 heterocycles. The Hall–Kier alpha value is -5.54. The van der Waals surface area contributed by atoms with Crippen molar-refractivity contribution in [2.75, 3.05) is 16.9 Å². The Kier molecular flexibility index (Phi) is 7.72. The number of imide groups is 2. The van der Waals surface area contributed by atoms with Crippen LogP contribution in [0.4, 0.5) is 11.4 Å². The molecule has 2 aliphatic heterocycles. The highest BCUT2D eigenvalue weighted by atomic mass is 35.5. The van der Waals surface area contributed by atoms with E-state index in [4.69, 9.17) is 16.3 Å². The number of para-hydroxylation sites is 1. The number of carbonyl (C=O) groups is 5. The van der Waals surface area contributed by atoms with Crippen LogP contribution in [0.1, 0.15) is 47.2 Å². The van der Waals surface area contributed by atoms with Gasteiger partial charge >= 0.3 is 0 Å². The van der Waals surface area contributed by atoms with E-state index in [0.717, 1.165) is 5.57 Å². The van der Waals surface area contributed by atoms with Crippen LogP contribution in [0.3, 0.4) is 0 Å². The van der Waals surface area contributed by atoms with Crippen molar-refractivity contribution >= 4 is 52.4 Å². The summed E-state index contributed by atoms with van der Waals surface area (Å²) in [6.45, 7) is 1.79. The Bertz CT molecular complexity index is 2170. The number of ketones is 1. The first kappa shape index (κ1) is 32.7. The predicted molar refractivity (Wildman–Crippen MR) is 190 cm³/mol. The van der Waals surface area contributed by atoms with Crippen LogP contribution in [0.5, 0.6) is 11.5 Å². The van der Waals surface area contributed by atoms with E-state index >= 15 is 0 Å². The maximum absolute atomic E-state index is 14.6. The zero-order valence-corrected chi connectivity index (χ0v) is 28.5. The van der Waals surface area contributed by atoms with E-state index in [9.17, 15) is 29.1 Å². The van der Waals surface area contributed by atoms with Gasteiger partial charge < -0.3 is 9.84 Å². The number of carbonyl (C=O) groups excluding carboxylic acids is 5. The first-order valence-corrected chi connectivity index (χ1v) is 17.2. The van der Waals surface area contributed by atoms with Gasteiger partial charge in [0.25, 0.3) is 0 Å². The average molecular weight is 701 g/mol. The fraction of sp³-hybridized carbons (Fsp3) is 0.244. The lowest BCUT2D eigenvalue weighted by molar-refractivity contribution is -0.131. The van der Waals surface area contributed by atoms with Gasteiger partial charge in [-0.25, -0.2) is 4.90 Å². The Balaban J connectivity index is 1.20. The van der Waals surface area contributed by atoms with Gasteiger partial charge in [-0.1, -0.05) is 71.8 Å². The van der Waals surface area contributed by atoms with Crippen molar-refractivity contribution in [2.45, 2.75) is 25.7 Å². The number of aromatic hydroxyl groups is 1. The lowest BCUT2D eigenvalue weighted by Gasteiger charge is -2.49. The van der Waals surface area contributed by atoms with E-state index in [-0.39, 0.29) is 58.8 Å². The van der Waals surface area contributed by atoms with Crippen molar-refractivity contribution in [1.82, 2.24) is 0 Å². The Morgan fingerprint density at radius 1 is 0.804 bits per heavy atom. The van der Waals surface area contributed by atoms with Gasteiger partial charge in [-0.15, -0.1) is 0 Å². The highest BCUT2D eigenvalue weighted by Gasteiger charge is 2.67. The van der Waals surface area contributed by atoms with Crippen LogP contribution >= 0.6 is 11.6 Å².